The molecule has 0 aliphatic carbocycles. The monoisotopic (exact) mass is 440 g/mol. The zero-order chi connectivity index (χ0) is 22.0. The molecule has 0 saturated heterocycles. The van der Waals surface area contributed by atoms with Gasteiger partial charge in [0.25, 0.3) is 0 Å². The first-order valence-electron chi connectivity index (χ1n) is 9.40. The first kappa shape index (κ1) is 22.0. The summed E-state index contributed by atoms with van der Waals surface area (Å²) >= 11 is 6.21. The van der Waals surface area contributed by atoms with Crippen LogP contribution in [0.2, 0.25) is 5.02 Å². The van der Waals surface area contributed by atoms with E-state index in [4.69, 9.17) is 16.3 Å². The third kappa shape index (κ3) is 3.98. The largest absolute Gasteiger partial charge is 0.496 e. The highest BCUT2D eigenvalue weighted by molar-refractivity contribution is 7.71. The molecule has 4 nitrogen and oxygen atoms in total. The molecule has 1 atom stereocenters. The quantitative estimate of drug-likeness (QED) is 0.373. The number of ether oxygens (including phenoxy) is 1. The van der Waals surface area contributed by atoms with Crippen LogP contribution in [0.1, 0.15) is 43.0 Å². The van der Waals surface area contributed by atoms with Crippen LogP contribution >= 0.6 is 19.4 Å². The number of halogens is 1. The number of carbonyl (C=O) groups excluding carboxylic acids is 2. The molecule has 3 aromatic carbocycles. The molecule has 0 aliphatic rings. The van der Waals surface area contributed by atoms with Crippen molar-refractivity contribution in [3.8, 4) is 5.75 Å². The number of rotatable bonds is 6. The molecule has 3 aromatic rings. The zero-order valence-corrected chi connectivity index (χ0v) is 19.0. The molecule has 0 heterocycles. The molecule has 1 unspecified atom stereocenters. The lowest BCUT2D eigenvalue weighted by molar-refractivity contribution is 0.103. The Hall–Kier alpha value is -2.68. The van der Waals surface area contributed by atoms with E-state index in [2.05, 4.69) is 0 Å². The molecule has 0 fully saturated rings. The van der Waals surface area contributed by atoms with Crippen LogP contribution in [0.15, 0.2) is 54.6 Å². The molecule has 0 aromatic heterocycles. The Balaban J connectivity index is 2.08. The molecule has 0 N–H and O–H groups in total. The highest BCUT2D eigenvalue weighted by atomic mass is 35.5. The van der Waals surface area contributed by atoms with Gasteiger partial charge in [-0.25, -0.2) is 0 Å². The minimum atomic E-state index is -2.90. The summed E-state index contributed by atoms with van der Waals surface area (Å²) in [6, 6.07) is 15.6. The van der Waals surface area contributed by atoms with E-state index in [0.717, 1.165) is 0 Å². The second-order valence-electron chi connectivity index (χ2n) is 7.04. The SMILES string of the molecule is COc1cccc(Cl)c1C(=O)[PH](=O)c1c(C)cc(C(=O)c2ccccc2)c(C)c1C. The molecule has 0 saturated carbocycles. The Labute approximate surface area is 181 Å². The van der Waals surface area contributed by atoms with E-state index >= 15 is 0 Å². The maximum absolute atomic E-state index is 13.3. The lowest BCUT2D eigenvalue weighted by Gasteiger charge is -2.17. The fourth-order valence-electron chi connectivity index (χ4n) is 3.53. The minimum Gasteiger partial charge on any atom is -0.496 e. The van der Waals surface area contributed by atoms with Crippen molar-refractivity contribution in [3.05, 3.63) is 93.0 Å². The van der Waals surface area contributed by atoms with E-state index in [-0.39, 0.29) is 22.1 Å². The van der Waals surface area contributed by atoms with Gasteiger partial charge in [0.2, 0.25) is 5.52 Å². The fraction of sp³-hybridized carbons (Fsp3) is 0.167. The maximum atomic E-state index is 13.3. The van der Waals surface area contributed by atoms with Crippen molar-refractivity contribution in [2.24, 2.45) is 0 Å². The van der Waals surface area contributed by atoms with Gasteiger partial charge in [0.15, 0.2) is 13.6 Å². The number of hydrogen-bond acceptors (Lipinski definition) is 4. The molecule has 30 heavy (non-hydrogen) atoms. The number of ketones is 1. The van der Waals surface area contributed by atoms with Crippen LogP contribution in [-0.4, -0.2) is 18.4 Å². The molecule has 0 aliphatic heterocycles. The number of carbonyl (C=O) groups is 2. The van der Waals surface area contributed by atoms with Gasteiger partial charge in [-0.05, 0) is 55.7 Å². The summed E-state index contributed by atoms with van der Waals surface area (Å²) in [4.78, 5) is 26.1. The fourth-order valence-corrected chi connectivity index (χ4v) is 5.54. The number of methoxy groups -OCH3 is 1. The molecule has 0 amide bonds. The van der Waals surface area contributed by atoms with E-state index in [0.29, 0.717) is 33.1 Å². The summed E-state index contributed by atoms with van der Waals surface area (Å²) in [5.41, 5.74) is 2.70. The zero-order valence-electron chi connectivity index (χ0n) is 17.2. The lowest BCUT2D eigenvalue weighted by Crippen LogP contribution is -2.17. The molecule has 0 radical (unpaired) electrons. The van der Waals surface area contributed by atoms with Gasteiger partial charge < -0.3 is 9.30 Å². The van der Waals surface area contributed by atoms with Crippen LogP contribution in [-0.2, 0) is 4.57 Å². The van der Waals surface area contributed by atoms with Gasteiger partial charge >= 0.3 is 0 Å². The van der Waals surface area contributed by atoms with E-state index < -0.39 is 13.3 Å². The summed E-state index contributed by atoms with van der Waals surface area (Å²) in [6.07, 6.45) is 0. The van der Waals surface area contributed by atoms with Crippen molar-refractivity contribution in [1.82, 2.24) is 0 Å². The van der Waals surface area contributed by atoms with E-state index in [1.807, 2.05) is 25.1 Å². The predicted molar refractivity (Wildman–Crippen MR) is 121 cm³/mol. The molecule has 3 rings (SSSR count). The first-order chi connectivity index (χ1) is 14.3. The van der Waals surface area contributed by atoms with Crippen LogP contribution in [0.3, 0.4) is 0 Å². The summed E-state index contributed by atoms with van der Waals surface area (Å²) < 4.78 is 18.6. The second-order valence-corrected chi connectivity index (χ2v) is 9.06. The molecular formula is C24H22ClO4P. The van der Waals surface area contributed by atoms with Gasteiger partial charge in [-0.2, -0.15) is 0 Å². The van der Waals surface area contributed by atoms with Gasteiger partial charge in [0, 0.05) is 16.4 Å². The van der Waals surface area contributed by atoms with Crippen molar-refractivity contribution in [2.45, 2.75) is 20.8 Å². The molecule has 154 valence electrons. The van der Waals surface area contributed by atoms with Gasteiger partial charge in [-0.3, -0.25) is 9.59 Å². The van der Waals surface area contributed by atoms with Crippen LogP contribution in [0, 0.1) is 20.8 Å². The highest BCUT2D eigenvalue weighted by Crippen LogP contribution is 2.37. The van der Waals surface area contributed by atoms with Crippen LogP contribution in [0.25, 0.3) is 0 Å². The molecule has 0 spiro atoms. The van der Waals surface area contributed by atoms with Gasteiger partial charge in [0.05, 0.1) is 17.7 Å². The predicted octanol–water partition coefficient (Wildman–Crippen LogP) is 5.53. The topological polar surface area (TPSA) is 60.4 Å². The van der Waals surface area contributed by atoms with E-state index in [1.165, 1.54) is 7.11 Å². The van der Waals surface area contributed by atoms with Crippen molar-refractivity contribution in [2.75, 3.05) is 7.11 Å². The Morgan fingerprint density at radius 3 is 2.23 bits per heavy atom. The summed E-state index contributed by atoms with van der Waals surface area (Å²) in [7, 11) is -1.47. The van der Waals surface area contributed by atoms with Crippen LogP contribution < -0.4 is 10.0 Å². The normalized spacial score (nSPS) is 11.8. The van der Waals surface area contributed by atoms with E-state index in [9.17, 15) is 14.2 Å². The van der Waals surface area contributed by atoms with E-state index in [1.54, 1.807) is 50.2 Å². The summed E-state index contributed by atoms with van der Waals surface area (Å²) in [5.74, 6) is 0.179. The molecular weight excluding hydrogens is 419 g/mol. The Bertz CT molecular complexity index is 1170. The number of hydrogen-bond donors (Lipinski definition) is 0. The lowest BCUT2D eigenvalue weighted by atomic mass is 9.94. The summed E-state index contributed by atoms with van der Waals surface area (Å²) in [5, 5.41) is 0.662. The van der Waals surface area contributed by atoms with Crippen molar-refractivity contribution < 1.29 is 18.9 Å². The van der Waals surface area contributed by atoms with Crippen molar-refractivity contribution >= 4 is 36.0 Å². The third-order valence-electron chi connectivity index (χ3n) is 5.23. The Morgan fingerprint density at radius 2 is 1.60 bits per heavy atom. The third-order valence-corrected chi connectivity index (χ3v) is 7.43. The first-order valence-corrected chi connectivity index (χ1v) is 11.2. The molecule has 0 bridgehead atoms. The average molecular weight is 441 g/mol. The number of aryl methyl sites for hydroxylation is 1. The summed E-state index contributed by atoms with van der Waals surface area (Å²) in [6.45, 7) is 5.37. The van der Waals surface area contributed by atoms with Gasteiger partial charge in [0.1, 0.15) is 5.75 Å². The highest BCUT2D eigenvalue weighted by Gasteiger charge is 2.27. The molecule has 6 heteroatoms. The number of benzene rings is 3. The smallest absolute Gasteiger partial charge is 0.228 e. The Morgan fingerprint density at radius 1 is 0.933 bits per heavy atom. The standard InChI is InChI=1S/C24H22ClO4P/c1-14-13-18(22(26)17-9-6-5-7-10-17)15(2)16(3)23(14)30(28)24(27)21-19(25)11-8-12-20(21)29-4/h5-13,30H,1-4H3. The van der Waals surface area contributed by atoms with Crippen molar-refractivity contribution in [1.29, 1.82) is 0 Å². The van der Waals surface area contributed by atoms with Crippen molar-refractivity contribution in [3.63, 3.8) is 0 Å². The van der Waals surface area contributed by atoms with Crippen LogP contribution in [0.5, 0.6) is 5.75 Å². The van der Waals surface area contributed by atoms with Gasteiger partial charge in [-0.15, -0.1) is 0 Å². The minimum absolute atomic E-state index is 0.107. The Kier molecular flexibility index (Phi) is 6.60. The average Bonchev–Trinajstić information content (AvgIpc) is 2.75. The second kappa shape index (κ2) is 8.99. The van der Waals surface area contributed by atoms with Gasteiger partial charge in [-0.1, -0.05) is 48.0 Å². The maximum Gasteiger partial charge on any atom is 0.228 e. The van der Waals surface area contributed by atoms with Crippen LogP contribution in [0.4, 0.5) is 0 Å².